The highest BCUT2D eigenvalue weighted by molar-refractivity contribution is 9.10. The molecule has 1 aliphatic rings. The van der Waals surface area contributed by atoms with E-state index in [1.807, 2.05) is 24.3 Å². The first-order valence-corrected chi connectivity index (χ1v) is 13.5. The van der Waals surface area contributed by atoms with Crippen molar-refractivity contribution in [2.45, 2.75) is 4.90 Å². The van der Waals surface area contributed by atoms with Crippen molar-refractivity contribution in [2.75, 3.05) is 0 Å². The maximum Gasteiger partial charge on any atom is 0.339 e. The molecule has 0 spiro atoms. The average Bonchev–Trinajstić information content (AvgIpc) is 3.15. The van der Waals surface area contributed by atoms with Gasteiger partial charge in [-0.3, -0.25) is 14.9 Å². The molecule has 1 amide bonds. The summed E-state index contributed by atoms with van der Waals surface area (Å²) in [5, 5.41) is 14.1. The Morgan fingerprint density at radius 2 is 1.80 bits per heavy atom. The lowest BCUT2D eigenvalue weighted by Gasteiger charge is -2.09. The molecule has 0 aromatic heterocycles. The van der Waals surface area contributed by atoms with Crippen molar-refractivity contribution in [2.24, 2.45) is 4.99 Å². The van der Waals surface area contributed by atoms with Gasteiger partial charge in [0.1, 0.15) is 4.90 Å². The number of carbonyl (C=O) groups excluding carboxylic acids is 1. The van der Waals surface area contributed by atoms with Crippen LogP contribution in [-0.2, 0) is 14.9 Å². The third-order valence-electron chi connectivity index (χ3n) is 4.48. The number of nitrogens with one attached hydrogen (secondary N) is 1. The zero-order chi connectivity index (χ0) is 25.2. The Morgan fingerprint density at radius 3 is 2.49 bits per heavy atom. The molecule has 13 heteroatoms. The number of carbonyl (C=O) groups is 1. The molecule has 35 heavy (non-hydrogen) atoms. The average molecular weight is 639 g/mol. The van der Waals surface area contributed by atoms with Crippen LogP contribution < -0.4 is 9.50 Å². The molecule has 3 aromatic rings. The summed E-state index contributed by atoms with van der Waals surface area (Å²) in [7, 11) is -4.31. The second kappa shape index (κ2) is 10.3. The summed E-state index contributed by atoms with van der Waals surface area (Å²) in [5.41, 5.74) is 0.928. The molecular weight excluding hydrogens is 626 g/mol. The molecule has 178 valence electrons. The second-order valence-electron chi connectivity index (χ2n) is 6.94. The number of nitrogens with zero attached hydrogens (tertiary/aromatic N) is 2. The van der Waals surface area contributed by atoms with E-state index in [9.17, 15) is 23.3 Å². The third kappa shape index (κ3) is 6.17. The van der Waals surface area contributed by atoms with Gasteiger partial charge in [0.05, 0.1) is 20.0 Å². The van der Waals surface area contributed by atoms with Gasteiger partial charge >= 0.3 is 10.1 Å². The monoisotopic (exact) mass is 637 g/mol. The van der Waals surface area contributed by atoms with Crippen molar-refractivity contribution in [3.05, 3.63) is 96.3 Å². The molecule has 9 nitrogen and oxygen atoms in total. The van der Waals surface area contributed by atoms with Crippen molar-refractivity contribution in [1.29, 1.82) is 0 Å². The van der Waals surface area contributed by atoms with Gasteiger partial charge in [0.2, 0.25) is 0 Å². The molecule has 0 unspecified atom stereocenters. The Bertz CT molecular complexity index is 1510. The lowest BCUT2D eigenvalue weighted by molar-refractivity contribution is -0.385. The zero-order valence-electron chi connectivity index (χ0n) is 17.3. The topological polar surface area (TPSA) is 128 Å². The number of rotatable bonds is 6. The summed E-state index contributed by atoms with van der Waals surface area (Å²) in [6.07, 6.45) is 1.63. The molecule has 1 N–H and O–H groups in total. The second-order valence-corrected chi connectivity index (χ2v) is 11.3. The number of nitro groups is 1. The van der Waals surface area contributed by atoms with Crippen LogP contribution in [0.15, 0.2) is 90.5 Å². The summed E-state index contributed by atoms with van der Waals surface area (Å²) in [5.74, 6) is -0.324. The Labute approximate surface area is 220 Å². The van der Waals surface area contributed by atoms with Crippen LogP contribution in [0.3, 0.4) is 0 Å². The molecular formula is C22H13Br2N3O6S2. The maximum atomic E-state index is 12.6. The highest BCUT2D eigenvalue weighted by Crippen LogP contribution is 2.33. The van der Waals surface area contributed by atoms with Crippen LogP contribution in [0, 0.1) is 10.1 Å². The van der Waals surface area contributed by atoms with Crippen LogP contribution in [0.4, 0.5) is 11.4 Å². The first kappa shape index (κ1) is 25.1. The minimum atomic E-state index is -4.31. The van der Waals surface area contributed by atoms with Gasteiger partial charge in [0.25, 0.3) is 11.6 Å². The van der Waals surface area contributed by atoms with E-state index in [0.29, 0.717) is 25.8 Å². The fourth-order valence-corrected chi connectivity index (χ4v) is 5.54. The standard InChI is InChI=1S/C22H13Br2N3O6S2/c23-14-5-7-15(8-6-14)25-22-26-21(28)20(34-22)11-13-4-9-19(18(24)10-13)33-35(31,32)17-3-1-2-16(12-17)27(29)30/h1-12H,(H,25,26,28)/b20-11-. The molecule has 4 rings (SSSR count). The van der Waals surface area contributed by atoms with Gasteiger partial charge in [-0.1, -0.05) is 28.1 Å². The molecule has 1 aliphatic heterocycles. The van der Waals surface area contributed by atoms with Gasteiger partial charge in [0, 0.05) is 16.6 Å². The van der Waals surface area contributed by atoms with Crippen LogP contribution >= 0.6 is 43.6 Å². The number of hydrogen-bond acceptors (Lipinski definition) is 8. The number of nitro benzene ring substituents is 1. The van der Waals surface area contributed by atoms with Crippen molar-refractivity contribution in [3.63, 3.8) is 0 Å². The minimum Gasteiger partial charge on any atom is -0.378 e. The fraction of sp³-hybridized carbons (Fsp3) is 0. The van der Waals surface area contributed by atoms with Gasteiger partial charge in [0.15, 0.2) is 10.9 Å². The van der Waals surface area contributed by atoms with E-state index in [1.54, 1.807) is 18.2 Å². The van der Waals surface area contributed by atoms with E-state index >= 15 is 0 Å². The number of aliphatic imine (C=N–C) groups is 1. The number of amides is 1. The molecule has 1 heterocycles. The highest BCUT2D eigenvalue weighted by atomic mass is 79.9. The molecule has 0 aliphatic carbocycles. The van der Waals surface area contributed by atoms with E-state index in [-0.39, 0.29) is 22.2 Å². The predicted molar refractivity (Wildman–Crippen MR) is 140 cm³/mol. The van der Waals surface area contributed by atoms with Gasteiger partial charge in [-0.2, -0.15) is 8.42 Å². The van der Waals surface area contributed by atoms with E-state index < -0.39 is 15.0 Å². The quantitative estimate of drug-likeness (QED) is 0.157. The van der Waals surface area contributed by atoms with Crippen molar-refractivity contribution < 1.29 is 22.3 Å². The Kier molecular flexibility index (Phi) is 7.40. The number of non-ortho nitro benzene ring substituents is 1. The minimum absolute atomic E-state index is 0.0142. The summed E-state index contributed by atoms with van der Waals surface area (Å²) in [6.45, 7) is 0. The molecule has 1 fully saturated rings. The Morgan fingerprint density at radius 1 is 1.06 bits per heavy atom. The van der Waals surface area contributed by atoms with Gasteiger partial charge in [-0.05, 0) is 81.8 Å². The predicted octanol–water partition coefficient (Wildman–Crippen LogP) is 5.78. The first-order chi connectivity index (χ1) is 16.6. The normalized spacial score (nSPS) is 15.9. The molecule has 1 saturated heterocycles. The largest absolute Gasteiger partial charge is 0.378 e. The maximum absolute atomic E-state index is 12.6. The number of benzene rings is 3. The van der Waals surface area contributed by atoms with Crippen molar-refractivity contribution >= 4 is 82.3 Å². The highest BCUT2D eigenvalue weighted by Gasteiger charge is 2.24. The molecule has 0 saturated carbocycles. The number of halogens is 2. The Balaban J connectivity index is 1.52. The van der Waals surface area contributed by atoms with Crippen LogP contribution in [0.5, 0.6) is 5.75 Å². The van der Waals surface area contributed by atoms with E-state index in [4.69, 9.17) is 4.18 Å². The van der Waals surface area contributed by atoms with Crippen LogP contribution in [0.1, 0.15) is 5.56 Å². The Hall–Kier alpha value is -3.00. The molecule has 0 atom stereocenters. The van der Waals surface area contributed by atoms with Crippen LogP contribution in [0.25, 0.3) is 6.08 Å². The van der Waals surface area contributed by atoms with Crippen molar-refractivity contribution in [1.82, 2.24) is 5.32 Å². The number of thioether (sulfide) groups is 1. The summed E-state index contributed by atoms with van der Waals surface area (Å²) in [4.78, 5) is 27.1. The first-order valence-electron chi connectivity index (χ1n) is 9.64. The summed E-state index contributed by atoms with van der Waals surface area (Å²) in [6, 6.07) is 16.5. The van der Waals surface area contributed by atoms with E-state index in [2.05, 4.69) is 42.2 Å². The van der Waals surface area contributed by atoms with E-state index in [0.717, 1.165) is 10.5 Å². The zero-order valence-corrected chi connectivity index (χ0v) is 22.1. The lowest BCUT2D eigenvalue weighted by atomic mass is 10.2. The van der Waals surface area contributed by atoms with Crippen molar-refractivity contribution in [3.8, 4) is 5.75 Å². The number of amidine groups is 1. The van der Waals surface area contributed by atoms with Crippen LogP contribution in [-0.4, -0.2) is 24.4 Å². The van der Waals surface area contributed by atoms with Gasteiger partial charge in [-0.15, -0.1) is 0 Å². The summed E-state index contributed by atoms with van der Waals surface area (Å²) < 4.78 is 31.6. The molecule has 3 aromatic carbocycles. The lowest BCUT2D eigenvalue weighted by Crippen LogP contribution is -2.19. The van der Waals surface area contributed by atoms with Gasteiger partial charge in [-0.25, -0.2) is 4.99 Å². The summed E-state index contributed by atoms with van der Waals surface area (Å²) >= 11 is 7.81. The number of hydrogen-bond donors (Lipinski definition) is 1. The molecule has 0 radical (unpaired) electrons. The smallest absolute Gasteiger partial charge is 0.339 e. The van der Waals surface area contributed by atoms with Gasteiger partial charge < -0.3 is 9.50 Å². The SMILES string of the molecule is O=C1NC(=Nc2ccc(Br)cc2)S/C1=C\c1ccc(OS(=O)(=O)c2cccc([N+](=O)[O-])c2)c(Br)c1. The molecule has 0 bridgehead atoms. The third-order valence-corrected chi connectivity index (χ3v) is 7.77. The fourth-order valence-electron chi connectivity index (χ4n) is 2.86. The van der Waals surface area contributed by atoms with E-state index in [1.165, 1.54) is 36.0 Å². The van der Waals surface area contributed by atoms with Crippen LogP contribution in [0.2, 0.25) is 0 Å².